The Bertz CT molecular complexity index is 1160. The maximum Gasteiger partial charge on any atom is 0.267 e. The van der Waals surface area contributed by atoms with Gasteiger partial charge in [0.15, 0.2) is 5.69 Å². The number of para-hydroxylation sites is 1. The van der Waals surface area contributed by atoms with Crippen LogP contribution in [0.4, 0.5) is 0 Å². The van der Waals surface area contributed by atoms with Gasteiger partial charge >= 0.3 is 0 Å². The molecule has 0 radical (unpaired) electrons. The molecule has 0 atom stereocenters. The molecule has 5 rings (SSSR count). The first kappa shape index (κ1) is 18.2. The number of hydrogen-bond donors (Lipinski definition) is 0. The van der Waals surface area contributed by atoms with Gasteiger partial charge < -0.3 is 4.74 Å². The van der Waals surface area contributed by atoms with Gasteiger partial charge in [0.1, 0.15) is 23.3 Å². The number of nitrogens with zero attached hydrogens (tertiary/aromatic N) is 2. The van der Waals surface area contributed by atoms with Crippen LogP contribution in [-0.4, -0.2) is 11.2 Å². The Labute approximate surface area is 179 Å². The summed E-state index contributed by atoms with van der Waals surface area (Å²) >= 11 is 3.56. The highest BCUT2D eigenvalue weighted by molar-refractivity contribution is 9.10. The minimum absolute atomic E-state index is 0.679. The highest BCUT2D eigenvalue weighted by Gasteiger charge is 2.31. The molecule has 0 fully saturated rings. The van der Waals surface area contributed by atoms with Crippen molar-refractivity contribution in [3.63, 3.8) is 0 Å². The van der Waals surface area contributed by atoms with Crippen molar-refractivity contribution in [1.29, 1.82) is 0 Å². The van der Waals surface area contributed by atoms with Crippen LogP contribution in [0, 0.1) is 0 Å². The van der Waals surface area contributed by atoms with Crippen molar-refractivity contribution in [2.24, 2.45) is 0 Å². The lowest BCUT2D eigenvalue weighted by Crippen LogP contribution is -2.41. The van der Waals surface area contributed by atoms with E-state index in [2.05, 4.69) is 91.9 Å². The quantitative estimate of drug-likeness (QED) is 0.369. The van der Waals surface area contributed by atoms with Gasteiger partial charge in [-0.25, -0.2) is 0 Å². The normalized spacial score (nSPS) is 12.3. The van der Waals surface area contributed by atoms with Crippen molar-refractivity contribution in [2.45, 2.75) is 19.8 Å². The van der Waals surface area contributed by atoms with Crippen LogP contribution in [0.15, 0.2) is 83.5 Å². The second kappa shape index (κ2) is 7.53. The van der Waals surface area contributed by atoms with E-state index in [0.717, 1.165) is 28.8 Å². The summed E-state index contributed by atoms with van der Waals surface area (Å²) in [5.74, 6) is 2.20. The lowest BCUT2D eigenvalue weighted by Gasteiger charge is -2.15. The summed E-state index contributed by atoms with van der Waals surface area (Å²) in [6, 6.07) is 25.6. The molecule has 1 aliphatic heterocycles. The van der Waals surface area contributed by atoms with E-state index in [0.29, 0.717) is 6.61 Å². The van der Waals surface area contributed by atoms with Gasteiger partial charge in [-0.1, -0.05) is 34.1 Å². The molecule has 0 unspecified atom stereocenters. The molecule has 0 amide bonds. The van der Waals surface area contributed by atoms with E-state index >= 15 is 0 Å². The van der Waals surface area contributed by atoms with Gasteiger partial charge in [0.05, 0.1) is 13.0 Å². The molecule has 29 heavy (non-hydrogen) atoms. The molecular formula is C25H22BrN2O+. The van der Waals surface area contributed by atoms with Crippen LogP contribution >= 0.6 is 15.9 Å². The molecular weight excluding hydrogens is 424 g/mol. The van der Waals surface area contributed by atoms with Gasteiger partial charge in [-0.15, -0.1) is 0 Å². The van der Waals surface area contributed by atoms with E-state index in [1.807, 2.05) is 19.1 Å². The number of halogens is 1. The van der Waals surface area contributed by atoms with E-state index in [-0.39, 0.29) is 0 Å². The molecule has 0 saturated carbocycles. The Hall–Kier alpha value is -2.85. The van der Waals surface area contributed by atoms with Crippen molar-refractivity contribution in [1.82, 2.24) is 4.57 Å². The molecule has 4 aromatic rings. The zero-order valence-corrected chi connectivity index (χ0v) is 17.9. The standard InChI is InChI=1S/C25H22BrN2O/c1-2-29-22-14-12-21(13-15-22)27-17-24(19-7-10-20(26)11-8-19)28-23-6-4-3-5-18(23)9-16-25(27)28/h3-8,10-15,17H,2,9,16H2,1H3/q+1. The summed E-state index contributed by atoms with van der Waals surface area (Å²) in [5.41, 5.74) is 6.23. The second-order valence-corrected chi connectivity index (χ2v) is 8.11. The molecule has 0 saturated heterocycles. The monoisotopic (exact) mass is 445 g/mol. The summed E-state index contributed by atoms with van der Waals surface area (Å²) in [5, 5.41) is 0. The van der Waals surface area contributed by atoms with E-state index in [4.69, 9.17) is 4.74 Å². The van der Waals surface area contributed by atoms with Crippen molar-refractivity contribution in [3.8, 4) is 28.4 Å². The van der Waals surface area contributed by atoms with Crippen LogP contribution in [0.25, 0.3) is 22.6 Å². The van der Waals surface area contributed by atoms with E-state index in [9.17, 15) is 0 Å². The Morgan fingerprint density at radius 2 is 1.69 bits per heavy atom. The molecule has 2 heterocycles. The molecule has 0 bridgehead atoms. The Kier molecular flexibility index (Phi) is 4.72. The maximum atomic E-state index is 5.62. The van der Waals surface area contributed by atoms with Crippen LogP contribution in [-0.2, 0) is 12.8 Å². The predicted octanol–water partition coefficient (Wildman–Crippen LogP) is 5.68. The van der Waals surface area contributed by atoms with Gasteiger partial charge in [-0.2, -0.15) is 9.13 Å². The van der Waals surface area contributed by atoms with Crippen molar-refractivity contribution in [2.75, 3.05) is 6.61 Å². The van der Waals surface area contributed by atoms with Gasteiger partial charge in [-0.05, 0) is 73.5 Å². The van der Waals surface area contributed by atoms with Gasteiger partial charge in [0, 0.05) is 10.0 Å². The fourth-order valence-electron chi connectivity index (χ4n) is 4.11. The Morgan fingerprint density at radius 1 is 0.931 bits per heavy atom. The number of benzene rings is 3. The SMILES string of the molecule is CCOc1ccc(-n2cc(-c3ccc(Br)cc3)[n+]3c2CCc2ccccc2-3)cc1. The van der Waals surface area contributed by atoms with Gasteiger partial charge in [0.2, 0.25) is 0 Å². The molecule has 0 N–H and O–H groups in total. The van der Waals surface area contributed by atoms with Crippen molar-refractivity contribution in [3.05, 3.63) is 94.9 Å². The number of rotatable bonds is 4. The summed E-state index contributed by atoms with van der Waals surface area (Å²) in [4.78, 5) is 0. The second-order valence-electron chi connectivity index (χ2n) is 7.20. The first-order valence-electron chi connectivity index (χ1n) is 9.98. The fraction of sp³-hybridized carbons (Fsp3) is 0.160. The number of aromatic nitrogens is 2. The average molecular weight is 446 g/mol. The van der Waals surface area contributed by atoms with Gasteiger partial charge in [-0.3, -0.25) is 0 Å². The van der Waals surface area contributed by atoms with Gasteiger partial charge in [0.25, 0.3) is 5.82 Å². The first-order valence-corrected chi connectivity index (χ1v) is 10.8. The lowest BCUT2D eigenvalue weighted by atomic mass is 10.0. The molecule has 3 aromatic carbocycles. The molecule has 1 aromatic heterocycles. The summed E-state index contributed by atoms with van der Waals surface area (Å²) in [7, 11) is 0. The highest BCUT2D eigenvalue weighted by Crippen LogP contribution is 2.28. The number of fused-ring (bicyclic) bond motifs is 3. The zero-order chi connectivity index (χ0) is 19.8. The summed E-state index contributed by atoms with van der Waals surface area (Å²) < 4.78 is 11.4. The van der Waals surface area contributed by atoms with Crippen LogP contribution < -0.4 is 9.30 Å². The van der Waals surface area contributed by atoms with Crippen LogP contribution in [0.1, 0.15) is 18.3 Å². The molecule has 4 heteroatoms. The fourth-order valence-corrected chi connectivity index (χ4v) is 4.37. The summed E-state index contributed by atoms with van der Waals surface area (Å²) in [6.07, 6.45) is 4.31. The molecule has 3 nitrogen and oxygen atoms in total. The smallest absolute Gasteiger partial charge is 0.267 e. The average Bonchev–Trinajstić information content (AvgIpc) is 3.15. The number of imidazole rings is 1. The molecule has 0 spiro atoms. The van der Waals surface area contributed by atoms with Crippen molar-refractivity contribution < 1.29 is 9.30 Å². The Morgan fingerprint density at radius 3 is 2.45 bits per heavy atom. The highest BCUT2D eigenvalue weighted by atomic mass is 79.9. The zero-order valence-electron chi connectivity index (χ0n) is 16.3. The van der Waals surface area contributed by atoms with Crippen LogP contribution in [0.2, 0.25) is 0 Å². The molecule has 144 valence electrons. The van der Waals surface area contributed by atoms with E-state index in [1.165, 1.54) is 28.3 Å². The first-order chi connectivity index (χ1) is 14.2. The van der Waals surface area contributed by atoms with Crippen molar-refractivity contribution >= 4 is 15.9 Å². The minimum Gasteiger partial charge on any atom is -0.494 e. The third-order valence-electron chi connectivity index (χ3n) is 5.44. The third-order valence-corrected chi connectivity index (χ3v) is 5.97. The van der Waals surface area contributed by atoms with Crippen LogP contribution in [0.5, 0.6) is 5.75 Å². The molecule has 1 aliphatic rings. The lowest BCUT2D eigenvalue weighted by molar-refractivity contribution is -0.595. The number of hydrogen-bond acceptors (Lipinski definition) is 1. The predicted molar refractivity (Wildman–Crippen MR) is 119 cm³/mol. The maximum absolute atomic E-state index is 5.62. The topological polar surface area (TPSA) is 18.0 Å². The van der Waals surface area contributed by atoms with E-state index < -0.39 is 0 Å². The molecule has 0 aliphatic carbocycles. The minimum atomic E-state index is 0.679. The Balaban J connectivity index is 1.71. The number of ether oxygens (including phenoxy) is 1. The summed E-state index contributed by atoms with van der Waals surface area (Å²) in [6.45, 7) is 2.69. The largest absolute Gasteiger partial charge is 0.494 e. The van der Waals surface area contributed by atoms with E-state index in [1.54, 1.807) is 0 Å². The van der Waals surface area contributed by atoms with Crippen LogP contribution in [0.3, 0.4) is 0 Å². The third kappa shape index (κ3) is 3.28. The number of aryl methyl sites for hydroxylation is 1.